The largest absolute Gasteiger partial charge is 0.311 e. The zero-order valence-corrected chi connectivity index (χ0v) is 21.7. The van der Waals surface area contributed by atoms with Crippen LogP contribution in [0.2, 0.25) is 0 Å². The van der Waals surface area contributed by atoms with Crippen molar-refractivity contribution in [3.8, 4) is 22.3 Å². The lowest BCUT2D eigenvalue weighted by atomic mass is 9.81. The van der Waals surface area contributed by atoms with Crippen LogP contribution in [0.25, 0.3) is 33.0 Å². The van der Waals surface area contributed by atoms with Gasteiger partial charge in [-0.3, -0.25) is 0 Å². The molecule has 1 heteroatoms. The van der Waals surface area contributed by atoms with Crippen LogP contribution in [-0.2, 0) is 5.41 Å². The quantitative estimate of drug-likeness (QED) is 0.239. The van der Waals surface area contributed by atoms with Crippen molar-refractivity contribution in [2.24, 2.45) is 0 Å². The molecule has 0 radical (unpaired) electrons. The Morgan fingerprint density at radius 2 is 0.921 bits per heavy atom. The maximum atomic E-state index is 2.40. The summed E-state index contributed by atoms with van der Waals surface area (Å²) in [5.74, 6) is 0. The Morgan fingerprint density at radius 1 is 0.421 bits per heavy atom. The molecule has 0 aliphatic heterocycles. The van der Waals surface area contributed by atoms with Gasteiger partial charge in [-0.15, -0.1) is 0 Å². The number of hydrogen-bond acceptors (Lipinski definition) is 1. The van der Waals surface area contributed by atoms with Crippen molar-refractivity contribution in [3.05, 3.63) is 151 Å². The lowest BCUT2D eigenvalue weighted by Gasteiger charge is -2.25. The highest BCUT2D eigenvalue weighted by atomic mass is 15.1. The summed E-state index contributed by atoms with van der Waals surface area (Å²) in [7, 11) is 0. The third kappa shape index (κ3) is 3.63. The van der Waals surface area contributed by atoms with E-state index in [1.807, 2.05) is 0 Å². The predicted octanol–water partition coefficient (Wildman–Crippen LogP) is 10.3. The van der Waals surface area contributed by atoms with Crippen LogP contribution in [0, 0.1) is 0 Å². The molecule has 0 fully saturated rings. The molecule has 0 aromatic heterocycles. The van der Waals surface area contributed by atoms with Gasteiger partial charge in [0.1, 0.15) is 0 Å². The molecule has 0 atom stereocenters. The summed E-state index contributed by atoms with van der Waals surface area (Å²) in [5.41, 5.74) is 11.4. The van der Waals surface area contributed by atoms with Crippen molar-refractivity contribution in [3.63, 3.8) is 0 Å². The summed E-state index contributed by atoms with van der Waals surface area (Å²) in [4.78, 5) is 2.30. The van der Waals surface area contributed by atoms with E-state index in [0.717, 1.165) is 17.1 Å². The van der Waals surface area contributed by atoms with E-state index < -0.39 is 0 Å². The monoisotopic (exact) mass is 487 g/mol. The van der Waals surface area contributed by atoms with E-state index in [9.17, 15) is 0 Å². The molecule has 0 saturated carbocycles. The van der Waals surface area contributed by atoms with Gasteiger partial charge in [-0.2, -0.15) is 0 Å². The number of benzene rings is 6. The fourth-order valence-corrected chi connectivity index (χ4v) is 6.01. The van der Waals surface area contributed by atoms with E-state index in [-0.39, 0.29) is 5.41 Å². The van der Waals surface area contributed by atoms with Crippen molar-refractivity contribution >= 4 is 27.8 Å². The van der Waals surface area contributed by atoms with E-state index in [1.165, 1.54) is 44.2 Å². The summed E-state index contributed by atoms with van der Waals surface area (Å²) in [6, 6.07) is 50.5. The van der Waals surface area contributed by atoms with Gasteiger partial charge in [0.15, 0.2) is 0 Å². The topological polar surface area (TPSA) is 3.24 Å². The van der Waals surface area contributed by atoms with Gasteiger partial charge >= 0.3 is 0 Å². The van der Waals surface area contributed by atoms with Crippen molar-refractivity contribution in [2.45, 2.75) is 19.3 Å². The van der Waals surface area contributed by atoms with Crippen molar-refractivity contribution in [2.75, 3.05) is 4.90 Å². The standard InChI is InChI=1S/C37H29N/c1-37(2)35-25-29(19-22-33(35)34-23-27-11-9-10-12-28(27)24-36(34)37)26-17-20-32(21-18-26)38(30-13-5-3-6-14-30)31-15-7-4-8-16-31/h3-25H,1-2H3. The Morgan fingerprint density at radius 3 is 1.55 bits per heavy atom. The second-order valence-electron chi connectivity index (χ2n) is 10.7. The molecule has 182 valence electrons. The maximum absolute atomic E-state index is 2.40. The second kappa shape index (κ2) is 8.75. The Labute approximate surface area is 224 Å². The number of anilines is 3. The minimum Gasteiger partial charge on any atom is -0.311 e. The number of rotatable bonds is 4. The molecule has 0 unspecified atom stereocenters. The van der Waals surface area contributed by atoms with E-state index in [1.54, 1.807) is 0 Å². The van der Waals surface area contributed by atoms with E-state index in [2.05, 4.69) is 158 Å². The van der Waals surface area contributed by atoms with Crippen molar-refractivity contribution in [1.29, 1.82) is 0 Å². The fourth-order valence-electron chi connectivity index (χ4n) is 6.01. The minimum atomic E-state index is -0.0396. The average molecular weight is 488 g/mol. The SMILES string of the molecule is CC1(C)c2cc(-c3ccc(N(c4ccccc4)c4ccccc4)cc3)ccc2-c2cc3ccccc3cc21. The number of para-hydroxylation sites is 2. The first kappa shape index (κ1) is 22.6. The summed E-state index contributed by atoms with van der Waals surface area (Å²) >= 11 is 0. The highest BCUT2D eigenvalue weighted by Crippen LogP contribution is 2.50. The van der Waals surface area contributed by atoms with E-state index in [4.69, 9.17) is 0 Å². The van der Waals surface area contributed by atoms with Crippen LogP contribution >= 0.6 is 0 Å². The van der Waals surface area contributed by atoms with Crippen LogP contribution in [0.1, 0.15) is 25.0 Å². The molecule has 1 aliphatic carbocycles. The van der Waals surface area contributed by atoms with E-state index in [0.29, 0.717) is 0 Å². The van der Waals surface area contributed by atoms with Crippen LogP contribution in [0.3, 0.4) is 0 Å². The van der Waals surface area contributed by atoms with Crippen molar-refractivity contribution in [1.82, 2.24) is 0 Å². The molecular formula is C37H29N. The lowest BCUT2D eigenvalue weighted by Crippen LogP contribution is -2.15. The molecule has 1 aliphatic rings. The molecule has 0 saturated heterocycles. The Balaban J connectivity index is 1.28. The molecule has 0 heterocycles. The molecule has 7 rings (SSSR count). The Kier molecular flexibility index (Phi) is 5.19. The zero-order chi connectivity index (χ0) is 25.7. The van der Waals surface area contributed by atoms with Crippen LogP contribution in [0.15, 0.2) is 140 Å². The predicted molar refractivity (Wildman–Crippen MR) is 162 cm³/mol. The highest BCUT2D eigenvalue weighted by Gasteiger charge is 2.35. The molecule has 0 bridgehead atoms. The number of fused-ring (bicyclic) bond motifs is 4. The van der Waals surface area contributed by atoms with Crippen LogP contribution in [-0.4, -0.2) is 0 Å². The fraction of sp³-hybridized carbons (Fsp3) is 0.0811. The summed E-state index contributed by atoms with van der Waals surface area (Å²) in [6.45, 7) is 4.72. The Bertz CT molecular complexity index is 1720. The first-order valence-electron chi connectivity index (χ1n) is 13.3. The Hall–Kier alpha value is -4.62. The molecular weight excluding hydrogens is 458 g/mol. The van der Waals surface area contributed by atoms with Gasteiger partial charge in [0, 0.05) is 22.5 Å². The third-order valence-corrected chi connectivity index (χ3v) is 8.03. The summed E-state index contributed by atoms with van der Waals surface area (Å²) in [5, 5.41) is 2.61. The first-order chi connectivity index (χ1) is 18.6. The minimum absolute atomic E-state index is 0.0396. The molecule has 6 aromatic carbocycles. The third-order valence-electron chi connectivity index (χ3n) is 8.03. The van der Waals surface area contributed by atoms with Crippen LogP contribution < -0.4 is 4.90 Å². The summed E-state index contributed by atoms with van der Waals surface area (Å²) < 4.78 is 0. The van der Waals surface area contributed by atoms with E-state index >= 15 is 0 Å². The van der Waals surface area contributed by atoms with Gasteiger partial charge in [-0.05, 0) is 98.8 Å². The lowest BCUT2D eigenvalue weighted by molar-refractivity contribution is 0.661. The van der Waals surface area contributed by atoms with Crippen molar-refractivity contribution < 1.29 is 0 Å². The average Bonchev–Trinajstić information content (AvgIpc) is 3.19. The molecule has 0 N–H and O–H groups in total. The molecule has 1 nitrogen and oxygen atoms in total. The molecule has 0 spiro atoms. The van der Waals surface area contributed by atoms with Gasteiger partial charge in [0.2, 0.25) is 0 Å². The molecule has 38 heavy (non-hydrogen) atoms. The first-order valence-corrected chi connectivity index (χ1v) is 13.3. The maximum Gasteiger partial charge on any atom is 0.0462 e. The van der Waals surface area contributed by atoms with Gasteiger partial charge < -0.3 is 4.90 Å². The highest BCUT2D eigenvalue weighted by molar-refractivity contribution is 5.94. The smallest absolute Gasteiger partial charge is 0.0462 e. The number of hydrogen-bond donors (Lipinski definition) is 0. The summed E-state index contributed by atoms with van der Waals surface area (Å²) in [6.07, 6.45) is 0. The number of nitrogens with zero attached hydrogens (tertiary/aromatic N) is 1. The van der Waals surface area contributed by atoms with Gasteiger partial charge in [-0.25, -0.2) is 0 Å². The normalized spacial score (nSPS) is 13.2. The van der Waals surface area contributed by atoms with Gasteiger partial charge in [0.05, 0.1) is 0 Å². The molecule has 6 aromatic rings. The van der Waals surface area contributed by atoms with Gasteiger partial charge in [0.25, 0.3) is 0 Å². The van der Waals surface area contributed by atoms with Crippen LogP contribution in [0.5, 0.6) is 0 Å². The van der Waals surface area contributed by atoms with Crippen LogP contribution in [0.4, 0.5) is 17.1 Å². The molecule has 0 amide bonds. The zero-order valence-electron chi connectivity index (χ0n) is 21.7. The van der Waals surface area contributed by atoms with Gasteiger partial charge in [-0.1, -0.05) is 98.8 Å². The second-order valence-corrected chi connectivity index (χ2v) is 10.7.